The van der Waals surface area contributed by atoms with Crippen molar-refractivity contribution in [3.63, 3.8) is 0 Å². The second kappa shape index (κ2) is 6.54. The smallest absolute Gasteiger partial charge is 0.308 e. The second-order valence-corrected chi connectivity index (χ2v) is 7.70. The normalized spacial score (nSPS) is 26.5. The molecule has 0 unspecified atom stereocenters. The molecule has 8 heteroatoms. The van der Waals surface area contributed by atoms with Crippen LogP contribution in [0.4, 0.5) is 10.2 Å². The van der Waals surface area contributed by atoms with E-state index in [1.54, 1.807) is 12.4 Å². The number of carboxylic acid groups (broad SMARTS) is 1. The summed E-state index contributed by atoms with van der Waals surface area (Å²) in [5.74, 6) is -1.10. The van der Waals surface area contributed by atoms with Crippen molar-refractivity contribution in [1.82, 2.24) is 19.9 Å². The van der Waals surface area contributed by atoms with Crippen LogP contribution < -0.4 is 5.32 Å². The van der Waals surface area contributed by atoms with Gasteiger partial charge in [0.15, 0.2) is 17.5 Å². The fourth-order valence-electron chi connectivity index (χ4n) is 4.91. The van der Waals surface area contributed by atoms with E-state index in [-0.39, 0.29) is 23.7 Å². The Morgan fingerprint density at radius 3 is 2.79 bits per heavy atom. The predicted octanol–water partition coefficient (Wildman–Crippen LogP) is 3.46. The minimum absolute atomic E-state index is 0.0621. The van der Waals surface area contributed by atoms with Gasteiger partial charge in [0.05, 0.1) is 12.1 Å². The van der Waals surface area contributed by atoms with Gasteiger partial charge in [-0.1, -0.05) is 0 Å². The summed E-state index contributed by atoms with van der Waals surface area (Å²) in [5.41, 5.74) is 1.43. The van der Waals surface area contributed by atoms with Crippen LogP contribution in [0.5, 0.6) is 0 Å². The Balaban J connectivity index is 1.50. The zero-order valence-electron chi connectivity index (χ0n) is 15.1. The number of aromatic nitrogens is 4. The van der Waals surface area contributed by atoms with Crippen molar-refractivity contribution in [2.24, 2.45) is 17.8 Å². The molecule has 3 aliphatic carbocycles. The molecule has 28 heavy (non-hydrogen) atoms. The minimum atomic E-state index is -0.815. The number of nitrogens with zero attached hydrogens (tertiary/aromatic N) is 3. The third kappa shape index (κ3) is 2.71. The van der Waals surface area contributed by atoms with Crippen LogP contribution in [0, 0.1) is 23.6 Å². The molecule has 0 saturated heterocycles. The van der Waals surface area contributed by atoms with E-state index in [1.165, 1.54) is 0 Å². The monoisotopic (exact) mass is 381 g/mol. The van der Waals surface area contributed by atoms with E-state index in [0.29, 0.717) is 11.5 Å². The van der Waals surface area contributed by atoms with Crippen molar-refractivity contribution in [2.45, 2.75) is 31.7 Å². The molecule has 144 valence electrons. The number of aromatic amines is 1. The summed E-state index contributed by atoms with van der Waals surface area (Å²) < 4.78 is 14.5. The molecule has 3 heterocycles. The Bertz CT molecular complexity index is 1040. The molecule has 2 bridgehead atoms. The van der Waals surface area contributed by atoms with E-state index in [0.717, 1.165) is 42.8 Å². The molecule has 0 aliphatic heterocycles. The number of hydrogen-bond acceptors (Lipinski definition) is 5. The lowest BCUT2D eigenvalue weighted by atomic mass is 9.61. The number of H-pyrrole nitrogens is 1. The first kappa shape index (κ1) is 17.1. The van der Waals surface area contributed by atoms with E-state index < -0.39 is 17.7 Å². The van der Waals surface area contributed by atoms with Gasteiger partial charge in [0.2, 0.25) is 0 Å². The lowest BCUT2D eigenvalue weighted by Crippen LogP contribution is -2.51. The van der Waals surface area contributed by atoms with Gasteiger partial charge in [0, 0.05) is 29.4 Å². The zero-order valence-corrected chi connectivity index (χ0v) is 15.1. The average Bonchev–Trinajstić information content (AvgIpc) is 3.14. The first-order valence-corrected chi connectivity index (χ1v) is 9.56. The van der Waals surface area contributed by atoms with Gasteiger partial charge in [-0.25, -0.2) is 19.3 Å². The quantitative estimate of drug-likeness (QED) is 0.639. The van der Waals surface area contributed by atoms with Crippen LogP contribution in [0.2, 0.25) is 0 Å². The number of rotatable bonds is 4. The summed E-state index contributed by atoms with van der Waals surface area (Å²) in [5, 5.41) is 13.7. The van der Waals surface area contributed by atoms with Gasteiger partial charge in [-0.15, -0.1) is 0 Å². The number of anilines is 1. The molecule has 0 spiro atoms. The van der Waals surface area contributed by atoms with Crippen LogP contribution in [0.1, 0.15) is 25.7 Å². The fraction of sp³-hybridized carbons (Fsp3) is 0.400. The average molecular weight is 381 g/mol. The first-order chi connectivity index (χ1) is 13.6. The topological polar surface area (TPSA) is 104 Å². The molecule has 3 saturated carbocycles. The van der Waals surface area contributed by atoms with Gasteiger partial charge < -0.3 is 15.4 Å². The first-order valence-electron chi connectivity index (χ1n) is 9.56. The number of halogens is 1. The highest BCUT2D eigenvalue weighted by Crippen LogP contribution is 2.46. The van der Waals surface area contributed by atoms with Crippen LogP contribution >= 0.6 is 0 Å². The molecular formula is C20H20FN5O2. The minimum Gasteiger partial charge on any atom is -0.481 e. The number of nitrogens with one attached hydrogen (secondary N) is 2. The molecule has 3 aromatic rings. The predicted molar refractivity (Wildman–Crippen MR) is 101 cm³/mol. The molecular weight excluding hydrogens is 361 g/mol. The van der Waals surface area contributed by atoms with Crippen LogP contribution in [0.15, 0.2) is 30.7 Å². The van der Waals surface area contributed by atoms with E-state index in [1.807, 2.05) is 12.1 Å². The summed E-state index contributed by atoms with van der Waals surface area (Å²) in [6, 6.07) is 3.40. The van der Waals surface area contributed by atoms with Crippen LogP contribution in [-0.2, 0) is 4.79 Å². The fourth-order valence-corrected chi connectivity index (χ4v) is 4.91. The number of pyridine rings is 1. The van der Waals surface area contributed by atoms with Crippen molar-refractivity contribution in [2.75, 3.05) is 5.32 Å². The zero-order chi connectivity index (χ0) is 19.3. The third-order valence-corrected chi connectivity index (χ3v) is 6.24. The number of aliphatic carboxylic acids is 1. The Hall–Kier alpha value is -3.03. The molecule has 3 aliphatic rings. The van der Waals surface area contributed by atoms with E-state index in [9.17, 15) is 14.3 Å². The molecule has 0 radical (unpaired) electrons. The largest absolute Gasteiger partial charge is 0.481 e. The van der Waals surface area contributed by atoms with Gasteiger partial charge in [-0.05, 0) is 49.7 Å². The summed E-state index contributed by atoms with van der Waals surface area (Å²) in [7, 11) is 0. The maximum absolute atomic E-state index is 14.5. The number of fused-ring (bicyclic) bond motifs is 4. The third-order valence-electron chi connectivity index (χ3n) is 6.24. The van der Waals surface area contributed by atoms with Gasteiger partial charge in [0.25, 0.3) is 0 Å². The van der Waals surface area contributed by atoms with Crippen molar-refractivity contribution in [3.8, 4) is 11.4 Å². The van der Waals surface area contributed by atoms with Crippen LogP contribution in [0.25, 0.3) is 22.4 Å². The lowest BCUT2D eigenvalue weighted by Gasteiger charge is -2.47. The molecule has 0 aromatic carbocycles. The highest BCUT2D eigenvalue weighted by molar-refractivity contribution is 5.91. The van der Waals surface area contributed by atoms with E-state index in [2.05, 4.69) is 25.3 Å². The maximum Gasteiger partial charge on any atom is 0.308 e. The Morgan fingerprint density at radius 2 is 2.00 bits per heavy atom. The molecule has 3 aromatic heterocycles. The van der Waals surface area contributed by atoms with Gasteiger partial charge in [-0.3, -0.25) is 4.79 Å². The molecule has 2 atom stereocenters. The summed E-state index contributed by atoms with van der Waals surface area (Å²) in [6.07, 6.45) is 8.37. The summed E-state index contributed by atoms with van der Waals surface area (Å²) >= 11 is 0. The van der Waals surface area contributed by atoms with E-state index >= 15 is 0 Å². The Morgan fingerprint density at radius 1 is 1.21 bits per heavy atom. The van der Waals surface area contributed by atoms with Gasteiger partial charge in [-0.2, -0.15) is 0 Å². The highest BCUT2D eigenvalue weighted by Gasteiger charge is 2.47. The van der Waals surface area contributed by atoms with Crippen molar-refractivity contribution in [1.29, 1.82) is 0 Å². The van der Waals surface area contributed by atoms with E-state index in [4.69, 9.17) is 0 Å². The SMILES string of the molecule is O=C(O)[C@@H]1C2CCC(CC2)[C@H]1Nc1nc(-c2c[nH]c3ncccc23)ncc1F. The molecule has 7 nitrogen and oxygen atoms in total. The maximum atomic E-state index is 14.5. The van der Waals surface area contributed by atoms with Gasteiger partial charge >= 0.3 is 5.97 Å². The standard InChI is InChI=1S/C20H20FN5O2/c21-14-9-24-18(13-8-23-17-12(13)2-1-7-22-17)26-19(14)25-16-11-5-3-10(4-6-11)15(16)20(27)28/h1-2,7-11,15-16H,3-6H2,(H,22,23)(H,27,28)(H,24,25,26)/t10?,11?,15-,16-/m1/s1. The highest BCUT2D eigenvalue weighted by atomic mass is 19.1. The Labute approximate surface area is 160 Å². The molecule has 3 fully saturated rings. The Kier molecular flexibility index (Phi) is 3.99. The number of hydrogen-bond donors (Lipinski definition) is 3. The van der Waals surface area contributed by atoms with Crippen molar-refractivity contribution >= 4 is 22.8 Å². The molecule has 3 N–H and O–H groups in total. The summed E-state index contributed by atoms with van der Waals surface area (Å²) in [4.78, 5) is 27.7. The van der Waals surface area contributed by atoms with Crippen LogP contribution in [-0.4, -0.2) is 37.1 Å². The van der Waals surface area contributed by atoms with Gasteiger partial charge in [0.1, 0.15) is 5.65 Å². The summed E-state index contributed by atoms with van der Waals surface area (Å²) in [6.45, 7) is 0. The number of carbonyl (C=O) groups is 1. The second-order valence-electron chi connectivity index (χ2n) is 7.70. The lowest BCUT2D eigenvalue weighted by molar-refractivity contribution is -0.148. The van der Waals surface area contributed by atoms with Crippen molar-refractivity contribution in [3.05, 3.63) is 36.5 Å². The van der Waals surface area contributed by atoms with Crippen molar-refractivity contribution < 1.29 is 14.3 Å². The number of carboxylic acids is 1. The molecule has 6 rings (SSSR count). The van der Waals surface area contributed by atoms with Crippen LogP contribution in [0.3, 0.4) is 0 Å². The molecule has 0 amide bonds.